The fourth-order valence-corrected chi connectivity index (χ4v) is 3.54. The summed E-state index contributed by atoms with van der Waals surface area (Å²) in [5.41, 5.74) is 6.51. The van der Waals surface area contributed by atoms with Crippen LogP contribution in [0.25, 0.3) is 22.6 Å². The van der Waals surface area contributed by atoms with Gasteiger partial charge in [-0.15, -0.1) is 0 Å². The molecule has 0 aliphatic carbocycles. The number of nitrogens with two attached hydrogens (primary N) is 1. The Hall–Kier alpha value is -3.94. The van der Waals surface area contributed by atoms with E-state index in [4.69, 9.17) is 20.3 Å². The van der Waals surface area contributed by atoms with Crippen molar-refractivity contribution in [2.75, 3.05) is 38.2 Å². The van der Waals surface area contributed by atoms with Gasteiger partial charge in [-0.25, -0.2) is 19.3 Å². The average Bonchev–Trinajstić information content (AvgIpc) is 3.32. The van der Waals surface area contributed by atoms with E-state index in [9.17, 15) is 14.0 Å². The Morgan fingerprint density at radius 1 is 1.22 bits per heavy atom. The number of carboxylic acids is 1. The number of hydrogen-bond donors (Lipinski definition) is 5. The first kappa shape index (κ1) is 25.2. The van der Waals surface area contributed by atoms with Crippen LogP contribution in [-0.2, 0) is 19.1 Å². The van der Waals surface area contributed by atoms with Crippen molar-refractivity contribution in [1.29, 1.82) is 0 Å². The number of ether oxygens (including phenoxy) is 2. The van der Waals surface area contributed by atoms with Gasteiger partial charge in [0.25, 0.3) is 0 Å². The molecule has 0 bridgehead atoms. The van der Waals surface area contributed by atoms with Crippen LogP contribution in [0.5, 0.6) is 0 Å². The van der Waals surface area contributed by atoms with Crippen molar-refractivity contribution < 1.29 is 28.6 Å². The highest BCUT2D eigenvalue weighted by molar-refractivity contribution is 5.82. The van der Waals surface area contributed by atoms with E-state index >= 15 is 0 Å². The monoisotopic (exact) mass is 499 g/mol. The van der Waals surface area contributed by atoms with Gasteiger partial charge >= 0.3 is 5.97 Å². The Kier molecular flexibility index (Phi) is 7.52. The van der Waals surface area contributed by atoms with Crippen LogP contribution in [0.2, 0.25) is 0 Å². The lowest BCUT2D eigenvalue weighted by atomic mass is 9.91. The third-order valence-electron chi connectivity index (χ3n) is 5.46. The first-order valence-corrected chi connectivity index (χ1v) is 11.2. The number of hydrogen-bond acceptors (Lipinski definition) is 9. The predicted octanol–water partition coefficient (Wildman–Crippen LogP) is 1.30. The van der Waals surface area contributed by atoms with Gasteiger partial charge in [-0.3, -0.25) is 9.59 Å². The summed E-state index contributed by atoms with van der Waals surface area (Å²) in [4.78, 5) is 39.6. The summed E-state index contributed by atoms with van der Waals surface area (Å²) in [6, 6.07) is 7.40. The summed E-state index contributed by atoms with van der Waals surface area (Å²) in [6.07, 6.45) is 0.584. The fourth-order valence-electron chi connectivity index (χ4n) is 3.54. The zero-order valence-corrected chi connectivity index (χ0v) is 19.5. The van der Waals surface area contributed by atoms with Crippen LogP contribution >= 0.6 is 0 Å². The highest BCUT2D eigenvalue weighted by Gasteiger charge is 2.40. The molecule has 1 fully saturated rings. The molecule has 1 amide bonds. The molecule has 3 aromatic rings. The van der Waals surface area contributed by atoms with Crippen LogP contribution in [0.1, 0.15) is 19.0 Å². The molecule has 13 heteroatoms. The number of carboxylic acid groups (broad SMARTS) is 1. The number of aromatic nitrogens is 4. The maximum absolute atomic E-state index is 13.6. The number of amides is 1. The number of aliphatic carboxylic acids is 1. The van der Waals surface area contributed by atoms with E-state index in [2.05, 4.69) is 30.6 Å². The Bertz CT molecular complexity index is 1230. The van der Waals surface area contributed by atoms with Crippen LogP contribution in [0.3, 0.4) is 0 Å². The molecule has 0 atom stereocenters. The van der Waals surface area contributed by atoms with Crippen molar-refractivity contribution in [2.45, 2.75) is 13.2 Å². The number of anilines is 1. The number of nitrogens with one attached hydrogen (secondary N) is 3. The highest BCUT2D eigenvalue weighted by Crippen LogP contribution is 2.35. The molecule has 0 radical (unpaired) electrons. The molecule has 2 aromatic heterocycles. The van der Waals surface area contributed by atoms with Gasteiger partial charge in [-0.2, -0.15) is 0 Å². The number of carbonyl (C=O) groups is 2. The molecule has 1 aliphatic rings. The van der Waals surface area contributed by atoms with E-state index in [0.717, 1.165) is 0 Å². The van der Waals surface area contributed by atoms with Gasteiger partial charge in [0.1, 0.15) is 12.4 Å². The number of H-pyrrole nitrogens is 1. The Labute approximate surface area is 205 Å². The molecule has 0 unspecified atom stereocenters. The lowest BCUT2D eigenvalue weighted by Gasteiger charge is -2.35. The Balaban J connectivity index is 1.63. The number of nitrogens with zero attached hydrogens (tertiary/aromatic N) is 3. The van der Waals surface area contributed by atoms with Crippen LogP contribution in [0, 0.1) is 11.2 Å². The number of aromatic amines is 1. The third-order valence-corrected chi connectivity index (χ3v) is 5.46. The van der Waals surface area contributed by atoms with Crippen molar-refractivity contribution in [2.24, 2.45) is 11.1 Å². The minimum absolute atomic E-state index is 0.0900. The summed E-state index contributed by atoms with van der Waals surface area (Å²) < 4.78 is 25.3. The Morgan fingerprint density at radius 2 is 1.94 bits per heavy atom. The second-order valence-corrected chi connectivity index (χ2v) is 8.42. The lowest BCUT2D eigenvalue weighted by Crippen LogP contribution is -2.49. The standard InChI is InChI=1S/C23H26FN7O5/c1-23(21(34)26-9-7-25)11-35-20(36-12-23)19-30-17(13-2-4-14(24)5-3-13)18(31-19)15-6-8-27-22(29-15)28-10-16(32)33/h2-6,8,20H,7,9-12,25H2,1H3,(H,26,34)(H,30,31)(H,32,33)(H,27,28,29). The Morgan fingerprint density at radius 3 is 2.61 bits per heavy atom. The van der Waals surface area contributed by atoms with Crippen LogP contribution in [0.15, 0.2) is 36.5 Å². The summed E-state index contributed by atoms with van der Waals surface area (Å²) in [5.74, 6) is -1.24. The van der Waals surface area contributed by atoms with Gasteiger partial charge in [0, 0.05) is 24.8 Å². The van der Waals surface area contributed by atoms with Crippen molar-refractivity contribution in [3.63, 3.8) is 0 Å². The molecule has 6 N–H and O–H groups in total. The molecule has 190 valence electrons. The molecule has 0 spiro atoms. The zero-order valence-electron chi connectivity index (χ0n) is 19.5. The topological polar surface area (TPSA) is 177 Å². The van der Waals surface area contributed by atoms with E-state index in [1.165, 1.54) is 18.3 Å². The second kappa shape index (κ2) is 10.8. The van der Waals surface area contributed by atoms with Gasteiger partial charge in [-0.05, 0) is 37.3 Å². The van der Waals surface area contributed by atoms with Gasteiger partial charge in [-0.1, -0.05) is 0 Å². The van der Waals surface area contributed by atoms with Crippen molar-refractivity contribution in [3.05, 3.63) is 48.2 Å². The van der Waals surface area contributed by atoms with Crippen molar-refractivity contribution in [3.8, 4) is 22.6 Å². The summed E-state index contributed by atoms with van der Waals surface area (Å²) in [5, 5.41) is 14.3. The number of imidazole rings is 1. The molecule has 36 heavy (non-hydrogen) atoms. The smallest absolute Gasteiger partial charge is 0.322 e. The molecule has 1 saturated heterocycles. The van der Waals surface area contributed by atoms with Crippen LogP contribution < -0.4 is 16.4 Å². The largest absolute Gasteiger partial charge is 0.480 e. The quantitative estimate of drug-likeness (QED) is 0.288. The second-order valence-electron chi connectivity index (χ2n) is 8.42. The van der Waals surface area contributed by atoms with E-state index in [1.54, 1.807) is 25.1 Å². The van der Waals surface area contributed by atoms with Crippen molar-refractivity contribution in [1.82, 2.24) is 25.3 Å². The molecule has 1 aliphatic heterocycles. The molecule has 1 aromatic carbocycles. The number of halogens is 1. The molecule has 0 saturated carbocycles. The summed E-state index contributed by atoms with van der Waals surface area (Å²) in [7, 11) is 0. The molecular weight excluding hydrogens is 473 g/mol. The number of benzene rings is 1. The van der Waals surface area contributed by atoms with E-state index < -0.39 is 23.5 Å². The summed E-state index contributed by atoms with van der Waals surface area (Å²) in [6.45, 7) is 2.23. The summed E-state index contributed by atoms with van der Waals surface area (Å²) >= 11 is 0. The minimum Gasteiger partial charge on any atom is -0.480 e. The van der Waals surface area contributed by atoms with Crippen molar-refractivity contribution >= 4 is 17.8 Å². The normalized spacial score (nSPS) is 19.6. The molecule has 12 nitrogen and oxygen atoms in total. The minimum atomic E-state index is -1.06. The maximum Gasteiger partial charge on any atom is 0.322 e. The SMILES string of the molecule is CC1(C(=O)NCCN)COC(c2nc(-c3ccc(F)cc3)c(-c3ccnc(NCC(=O)O)n3)[nH]2)OC1. The highest BCUT2D eigenvalue weighted by atomic mass is 19.1. The van der Waals surface area contributed by atoms with E-state index in [0.29, 0.717) is 41.6 Å². The fraction of sp³-hybridized carbons (Fsp3) is 0.348. The van der Waals surface area contributed by atoms with E-state index in [-0.39, 0.29) is 31.6 Å². The van der Waals surface area contributed by atoms with E-state index in [1.807, 2.05) is 0 Å². The van der Waals surface area contributed by atoms with Gasteiger partial charge in [0.2, 0.25) is 18.1 Å². The predicted molar refractivity (Wildman–Crippen MR) is 126 cm³/mol. The molecule has 4 rings (SSSR count). The lowest BCUT2D eigenvalue weighted by molar-refractivity contribution is -0.231. The zero-order chi connectivity index (χ0) is 25.7. The van der Waals surface area contributed by atoms with Crippen LogP contribution in [-0.4, -0.2) is 69.8 Å². The average molecular weight is 500 g/mol. The van der Waals surface area contributed by atoms with Crippen LogP contribution in [0.4, 0.5) is 10.3 Å². The van der Waals surface area contributed by atoms with Gasteiger partial charge < -0.3 is 35.9 Å². The van der Waals surface area contributed by atoms with Gasteiger partial charge in [0.05, 0.1) is 35.7 Å². The maximum atomic E-state index is 13.6. The molecular formula is C23H26FN7O5. The first-order valence-electron chi connectivity index (χ1n) is 11.2. The molecule has 3 heterocycles. The first-order chi connectivity index (χ1) is 17.3. The van der Waals surface area contributed by atoms with Gasteiger partial charge in [0.15, 0.2) is 5.82 Å². The third kappa shape index (κ3) is 5.64. The number of rotatable bonds is 9. The number of carbonyl (C=O) groups excluding carboxylic acids is 1.